The average Bonchev–Trinajstić information content (AvgIpc) is 2.84. The molecule has 2 N–H and O–H groups in total. The number of aryl methyl sites for hydroxylation is 2. The summed E-state index contributed by atoms with van der Waals surface area (Å²) in [5.74, 6) is 0. The Hall–Kier alpha value is -3.29. The van der Waals surface area contributed by atoms with Gasteiger partial charge in [0.1, 0.15) is 0 Å². The summed E-state index contributed by atoms with van der Waals surface area (Å²) in [6.45, 7) is 10.8. The maximum absolute atomic E-state index is 13.0. The maximum Gasteiger partial charge on any atom is 0.251 e. The Balaban J connectivity index is 1.91. The number of nitrogens with zero attached hydrogens (tertiary/aromatic N) is 2. The number of nitrogens with two attached hydrogens (primary N) is 1. The second-order valence-corrected chi connectivity index (χ2v) is 11.7. The fourth-order valence-electron chi connectivity index (χ4n) is 4.70. The van der Waals surface area contributed by atoms with Crippen molar-refractivity contribution in [3.8, 4) is 11.1 Å². The zero-order chi connectivity index (χ0) is 26.3. The molecule has 2 heterocycles. The summed E-state index contributed by atoms with van der Waals surface area (Å²) < 4.78 is 26.4. The molecule has 0 radical (unpaired) electrons. The molecule has 4 rings (SSSR count). The molecule has 0 aliphatic rings. The Morgan fingerprint density at radius 1 is 0.917 bits per heavy atom. The predicted octanol–water partition coefficient (Wildman–Crippen LogP) is 5.18. The highest BCUT2D eigenvalue weighted by Crippen LogP contribution is 2.36. The number of pyridine rings is 2. The van der Waals surface area contributed by atoms with E-state index in [4.69, 9.17) is 10.1 Å². The van der Waals surface area contributed by atoms with Crippen molar-refractivity contribution in [3.05, 3.63) is 93.5 Å². The molecule has 0 aliphatic heterocycles. The summed E-state index contributed by atoms with van der Waals surface area (Å²) in [6.07, 6.45) is 1.58. The van der Waals surface area contributed by atoms with E-state index in [1.165, 1.54) is 6.07 Å². The normalized spacial score (nSPS) is 12.3. The van der Waals surface area contributed by atoms with E-state index in [1.807, 2.05) is 30.3 Å². The van der Waals surface area contributed by atoms with Gasteiger partial charge in [-0.05, 0) is 53.1 Å². The summed E-state index contributed by atoms with van der Waals surface area (Å²) in [4.78, 5) is 17.9. The van der Waals surface area contributed by atoms with Gasteiger partial charge in [0, 0.05) is 28.4 Å². The Morgan fingerprint density at radius 2 is 1.64 bits per heavy atom. The number of hydrogen-bond donors (Lipinski definition) is 1. The van der Waals surface area contributed by atoms with E-state index in [0.717, 1.165) is 51.8 Å². The van der Waals surface area contributed by atoms with Crippen LogP contribution in [0.4, 0.5) is 0 Å². The summed E-state index contributed by atoms with van der Waals surface area (Å²) in [7, 11) is -3.90. The lowest BCUT2D eigenvalue weighted by Crippen LogP contribution is -2.21. The molecule has 0 fully saturated rings. The SMILES string of the molecule is CCc1cc2c(ccc(=O)n2Cc2ccc(-c3ccccc3S(N)(=O)=O)c(C(C)(C)C)c2)c(CC)n1. The molecule has 0 spiro atoms. The first-order chi connectivity index (χ1) is 16.9. The molecule has 0 saturated carbocycles. The second-order valence-electron chi connectivity index (χ2n) is 10.1. The van der Waals surface area contributed by atoms with E-state index in [0.29, 0.717) is 12.1 Å². The van der Waals surface area contributed by atoms with Crippen molar-refractivity contribution >= 4 is 20.9 Å². The summed E-state index contributed by atoms with van der Waals surface area (Å²) >= 11 is 0. The fraction of sp³-hybridized carbons (Fsp3) is 0.310. The molecule has 0 atom stereocenters. The minimum Gasteiger partial charge on any atom is -0.304 e. The molecule has 7 heteroatoms. The van der Waals surface area contributed by atoms with Crippen LogP contribution < -0.4 is 10.7 Å². The van der Waals surface area contributed by atoms with Gasteiger partial charge in [-0.2, -0.15) is 0 Å². The van der Waals surface area contributed by atoms with Gasteiger partial charge in [-0.25, -0.2) is 13.6 Å². The number of fused-ring (bicyclic) bond motifs is 1. The Labute approximate surface area is 212 Å². The van der Waals surface area contributed by atoms with E-state index in [9.17, 15) is 13.2 Å². The third-order valence-corrected chi connectivity index (χ3v) is 7.50. The minimum absolute atomic E-state index is 0.0706. The first-order valence-corrected chi connectivity index (χ1v) is 13.8. The van der Waals surface area contributed by atoms with Crippen LogP contribution in [0.3, 0.4) is 0 Å². The number of rotatable bonds is 6. The van der Waals surface area contributed by atoms with Crippen molar-refractivity contribution in [1.29, 1.82) is 0 Å². The van der Waals surface area contributed by atoms with Crippen molar-refractivity contribution in [3.63, 3.8) is 0 Å². The van der Waals surface area contributed by atoms with Gasteiger partial charge in [-0.3, -0.25) is 9.78 Å². The highest BCUT2D eigenvalue weighted by Gasteiger charge is 2.23. The van der Waals surface area contributed by atoms with Gasteiger partial charge in [0.05, 0.1) is 17.0 Å². The number of aromatic nitrogens is 2. The molecule has 188 valence electrons. The number of benzene rings is 2. The van der Waals surface area contributed by atoms with Gasteiger partial charge < -0.3 is 4.57 Å². The molecule has 2 aromatic carbocycles. The number of sulfonamides is 1. The Bertz CT molecular complexity index is 1610. The van der Waals surface area contributed by atoms with Crippen LogP contribution in [-0.2, 0) is 34.8 Å². The van der Waals surface area contributed by atoms with Crippen LogP contribution in [0.25, 0.3) is 22.0 Å². The van der Waals surface area contributed by atoms with E-state index in [2.05, 4.69) is 40.7 Å². The third kappa shape index (κ3) is 4.99. The van der Waals surface area contributed by atoms with Crippen LogP contribution >= 0.6 is 0 Å². The summed E-state index contributed by atoms with van der Waals surface area (Å²) in [5, 5.41) is 6.52. The van der Waals surface area contributed by atoms with E-state index < -0.39 is 10.0 Å². The Morgan fingerprint density at radius 3 is 2.28 bits per heavy atom. The zero-order valence-electron chi connectivity index (χ0n) is 21.5. The molecule has 0 bridgehead atoms. The highest BCUT2D eigenvalue weighted by molar-refractivity contribution is 7.89. The molecular formula is C29H33N3O3S. The smallest absolute Gasteiger partial charge is 0.251 e. The van der Waals surface area contributed by atoms with Crippen LogP contribution in [0.5, 0.6) is 0 Å². The monoisotopic (exact) mass is 503 g/mol. The van der Waals surface area contributed by atoms with Crippen LogP contribution in [0, 0.1) is 0 Å². The highest BCUT2D eigenvalue weighted by atomic mass is 32.2. The lowest BCUT2D eigenvalue weighted by Gasteiger charge is -2.25. The van der Waals surface area contributed by atoms with Crippen molar-refractivity contribution in [2.45, 2.75) is 64.3 Å². The maximum atomic E-state index is 13.0. The van der Waals surface area contributed by atoms with Crippen molar-refractivity contribution in [1.82, 2.24) is 9.55 Å². The van der Waals surface area contributed by atoms with Crippen LogP contribution in [0.1, 0.15) is 57.1 Å². The van der Waals surface area contributed by atoms with Gasteiger partial charge in [-0.15, -0.1) is 0 Å². The van der Waals surface area contributed by atoms with Gasteiger partial charge >= 0.3 is 0 Å². The Kier molecular flexibility index (Phi) is 6.90. The standard InChI is InChI=1S/C29H33N3O3S/c1-6-20-17-26-23(25(7-2)31-20)14-15-28(33)32(26)18-19-12-13-21(24(16-19)29(3,4)5)22-10-8-9-11-27(22)36(30,34)35/h8-17H,6-7,18H2,1-5H3,(H2,30,34,35). The quantitative estimate of drug-likeness (QED) is 0.392. The topological polar surface area (TPSA) is 95.0 Å². The predicted molar refractivity (Wildman–Crippen MR) is 146 cm³/mol. The zero-order valence-corrected chi connectivity index (χ0v) is 22.3. The van der Waals surface area contributed by atoms with E-state index in [1.54, 1.807) is 22.8 Å². The molecule has 36 heavy (non-hydrogen) atoms. The van der Waals surface area contributed by atoms with Crippen LogP contribution in [-0.4, -0.2) is 18.0 Å². The van der Waals surface area contributed by atoms with E-state index >= 15 is 0 Å². The average molecular weight is 504 g/mol. The number of primary sulfonamides is 1. The second kappa shape index (κ2) is 9.64. The largest absolute Gasteiger partial charge is 0.304 e. The molecule has 0 saturated heterocycles. The first-order valence-electron chi connectivity index (χ1n) is 12.2. The van der Waals surface area contributed by atoms with Gasteiger partial charge in [0.2, 0.25) is 10.0 Å². The molecule has 0 amide bonds. The van der Waals surface area contributed by atoms with Gasteiger partial charge in [-0.1, -0.05) is 71.0 Å². The van der Waals surface area contributed by atoms with Crippen LogP contribution in [0.2, 0.25) is 0 Å². The van der Waals surface area contributed by atoms with Crippen molar-refractivity contribution in [2.24, 2.45) is 5.14 Å². The molecule has 4 aromatic rings. The molecule has 0 aliphatic carbocycles. The molecule has 0 unspecified atom stereocenters. The van der Waals surface area contributed by atoms with E-state index in [-0.39, 0.29) is 15.9 Å². The molecule has 6 nitrogen and oxygen atoms in total. The first kappa shape index (κ1) is 25.8. The van der Waals surface area contributed by atoms with Crippen LogP contribution in [0.15, 0.2) is 70.4 Å². The summed E-state index contributed by atoms with van der Waals surface area (Å²) in [6, 6.07) is 18.3. The molecular weight excluding hydrogens is 470 g/mol. The lowest BCUT2D eigenvalue weighted by atomic mass is 9.81. The molecule has 2 aromatic heterocycles. The number of hydrogen-bond acceptors (Lipinski definition) is 4. The fourth-order valence-corrected chi connectivity index (χ4v) is 5.45. The lowest BCUT2D eigenvalue weighted by molar-refractivity contribution is 0.589. The third-order valence-electron chi connectivity index (χ3n) is 6.53. The minimum atomic E-state index is -3.90. The van der Waals surface area contributed by atoms with Gasteiger partial charge in [0.25, 0.3) is 5.56 Å². The van der Waals surface area contributed by atoms with Crippen molar-refractivity contribution < 1.29 is 8.42 Å². The van der Waals surface area contributed by atoms with Gasteiger partial charge in [0.15, 0.2) is 0 Å². The summed E-state index contributed by atoms with van der Waals surface area (Å²) in [5.41, 5.74) is 5.80. The van der Waals surface area contributed by atoms with Crippen molar-refractivity contribution in [2.75, 3.05) is 0 Å².